The van der Waals surface area contributed by atoms with Gasteiger partial charge in [0.05, 0.1) is 11.4 Å². The largest absolute Gasteiger partial charge is 0.321 e. The highest BCUT2D eigenvalue weighted by Crippen LogP contribution is 2.24. The third-order valence-electron chi connectivity index (χ3n) is 4.40. The second kappa shape index (κ2) is 9.23. The molecule has 30 heavy (non-hydrogen) atoms. The van der Waals surface area contributed by atoms with Gasteiger partial charge in [-0.25, -0.2) is 4.68 Å². The first-order chi connectivity index (χ1) is 14.6. The van der Waals surface area contributed by atoms with Crippen LogP contribution in [0.3, 0.4) is 0 Å². The summed E-state index contributed by atoms with van der Waals surface area (Å²) >= 11 is 5.17. The number of pyridine rings is 1. The van der Waals surface area contributed by atoms with Crippen molar-refractivity contribution < 1.29 is 4.79 Å². The maximum Gasteiger partial charge on any atom is 0.278 e. The number of carbonyl (C=O) groups excluding carboxylic acids is 1. The van der Waals surface area contributed by atoms with Crippen molar-refractivity contribution in [3.05, 3.63) is 94.5 Å². The molecule has 0 aliphatic rings. The molecule has 0 saturated heterocycles. The zero-order valence-corrected chi connectivity index (χ0v) is 18.5. The van der Waals surface area contributed by atoms with Gasteiger partial charge >= 0.3 is 0 Å². The number of nitrogens with one attached hydrogen (secondary N) is 1. The summed E-state index contributed by atoms with van der Waals surface area (Å²) in [5, 5.41) is 11.1. The van der Waals surface area contributed by atoms with Crippen LogP contribution in [0.2, 0.25) is 0 Å². The Bertz CT molecular complexity index is 1160. The fraction of sp³-hybridized carbons (Fsp3) is 0.0909. The summed E-state index contributed by atoms with van der Waals surface area (Å²) < 4.78 is 2.58. The van der Waals surface area contributed by atoms with Gasteiger partial charge in [0.1, 0.15) is 0 Å². The van der Waals surface area contributed by atoms with Gasteiger partial charge in [-0.3, -0.25) is 9.78 Å². The van der Waals surface area contributed by atoms with Crippen molar-refractivity contribution in [2.75, 3.05) is 5.32 Å². The minimum atomic E-state index is -0.287. The Kier molecular flexibility index (Phi) is 6.25. The molecule has 0 atom stereocenters. The molecule has 1 amide bonds. The van der Waals surface area contributed by atoms with Crippen LogP contribution in [-0.4, -0.2) is 25.9 Å². The van der Waals surface area contributed by atoms with Crippen molar-refractivity contribution in [1.82, 2.24) is 20.0 Å². The summed E-state index contributed by atoms with van der Waals surface area (Å²) in [6.45, 7) is 1.83. The van der Waals surface area contributed by atoms with E-state index in [9.17, 15) is 4.79 Å². The topological polar surface area (TPSA) is 72.7 Å². The Morgan fingerprint density at radius 3 is 2.70 bits per heavy atom. The molecule has 1 N–H and O–H groups in total. The Labute approximate surface area is 186 Å². The molecule has 0 spiro atoms. The lowest BCUT2D eigenvalue weighted by molar-refractivity contribution is 0.102. The Morgan fingerprint density at radius 1 is 1.13 bits per heavy atom. The lowest BCUT2D eigenvalue weighted by Gasteiger charge is -2.07. The van der Waals surface area contributed by atoms with E-state index in [0.717, 1.165) is 20.8 Å². The van der Waals surface area contributed by atoms with Crippen LogP contribution in [0.1, 0.15) is 21.7 Å². The van der Waals surface area contributed by atoms with E-state index in [1.54, 1.807) is 22.6 Å². The molecule has 0 radical (unpaired) electrons. The van der Waals surface area contributed by atoms with E-state index in [-0.39, 0.29) is 5.91 Å². The number of halogens is 1. The highest BCUT2D eigenvalue weighted by molar-refractivity contribution is 9.10. The van der Waals surface area contributed by atoms with Crippen LogP contribution in [0, 0.1) is 6.92 Å². The molecule has 6 nitrogen and oxygen atoms in total. The number of nitrogens with zero attached hydrogens (tertiary/aromatic N) is 4. The average molecular weight is 480 g/mol. The van der Waals surface area contributed by atoms with Crippen LogP contribution in [0.25, 0.3) is 5.69 Å². The van der Waals surface area contributed by atoms with Gasteiger partial charge in [0.15, 0.2) is 5.69 Å². The highest BCUT2D eigenvalue weighted by atomic mass is 79.9. The van der Waals surface area contributed by atoms with Crippen molar-refractivity contribution in [3.63, 3.8) is 0 Å². The van der Waals surface area contributed by atoms with Crippen LogP contribution < -0.4 is 5.32 Å². The number of aromatic nitrogens is 4. The van der Waals surface area contributed by atoms with Gasteiger partial charge in [-0.05, 0) is 61.0 Å². The SMILES string of the molecule is Cc1c(C(=O)Nc2ccc(SCc3cccnc3)cc2)nnn1-c1cccc(Br)c1. The molecule has 4 rings (SSSR count). The van der Waals surface area contributed by atoms with Gasteiger partial charge in [0.2, 0.25) is 0 Å². The first-order valence-electron chi connectivity index (χ1n) is 9.21. The Hall–Kier alpha value is -2.97. The standard InChI is InChI=1S/C22H18BrN5OS/c1-15-21(26-27-28(15)19-6-2-5-17(23)12-19)22(29)25-18-7-9-20(10-8-18)30-14-16-4-3-11-24-13-16/h2-13H,14H2,1H3,(H,25,29). The van der Waals surface area contributed by atoms with E-state index in [0.29, 0.717) is 17.1 Å². The van der Waals surface area contributed by atoms with E-state index in [4.69, 9.17) is 0 Å². The zero-order valence-electron chi connectivity index (χ0n) is 16.1. The van der Waals surface area contributed by atoms with Crippen LogP contribution in [-0.2, 0) is 5.75 Å². The average Bonchev–Trinajstić information content (AvgIpc) is 3.15. The lowest BCUT2D eigenvalue weighted by atomic mass is 10.2. The van der Waals surface area contributed by atoms with Crippen molar-refractivity contribution in [2.45, 2.75) is 17.6 Å². The number of thioether (sulfide) groups is 1. The minimum Gasteiger partial charge on any atom is -0.321 e. The van der Waals surface area contributed by atoms with Crippen molar-refractivity contribution in [3.8, 4) is 5.69 Å². The van der Waals surface area contributed by atoms with Gasteiger partial charge < -0.3 is 5.32 Å². The normalized spacial score (nSPS) is 10.7. The number of benzene rings is 2. The Morgan fingerprint density at radius 2 is 1.97 bits per heavy atom. The molecule has 8 heteroatoms. The molecule has 2 aromatic carbocycles. The molecule has 2 heterocycles. The van der Waals surface area contributed by atoms with Crippen molar-refractivity contribution in [2.24, 2.45) is 0 Å². The molecular formula is C22H18BrN5OS. The second-order valence-electron chi connectivity index (χ2n) is 6.54. The number of hydrogen-bond acceptors (Lipinski definition) is 5. The Balaban J connectivity index is 1.41. The fourth-order valence-corrected chi connectivity index (χ4v) is 4.09. The summed E-state index contributed by atoms with van der Waals surface area (Å²) in [5.41, 5.74) is 3.69. The molecule has 4 aromatic rings. The molecule has 150 valence electrons. The third-order valence-corrected chi connectivity index (χ3v) is 5.98. The third kappa shape index (κ3) is 4.77. The highest BCUT2D eigenvalue weighted by Gasteiger charge is 2.17. The molecule has 0 aliphatic heterocycles. The van der Waals surface area contributed by atoms with Crippen molar-refractivity contribution in [1.29, 1.82) is 0 Å². The quantitative estimate of drug-likeness (QED) is 0.381. The minimum absolute atomic E-state index is 0.287. The van der Waals surface area contributed by atoms with E-state index >= 15 is 0 Å². The molecule has 0 bridgehead atoms. The first kappa shape index (κ1) is 20.3. The van der Waals surface area contributed by atoms with Crippen LogP contribution in [0.4, 0.5) is 5.69 Å². The molecule has 0 saturated carbocycles. The van der Waals surface area contributed by atoms with Crippen LogP contribution in [0.5, 0.6) is 0 Å². The summed E-state index contributed by atoms with van der Waals surface area (Å²) in [5.74, 6) is 0.557. The van der Waals surface area contributed by atoms with E-state index in [2.05, 4.69) is 42.6 Å². The van der Waals surface area contributed by atoms with Gasteiger partial charge in [0, 0.05) is 33.2 Å². The molecule has 0 unspecified atom stereocenters. The van der Waals surface area contributed by atoms with E-state index in [1.807, 2.05) is 67.7 Å². The number of hydrogen-bond donors (Lipinski definition) is 1. The maximum absolute atomic E-state index is 12.7. The monoisotopic (exact) mass is 479 g/mol. The van der Waals surface area contributed by atoms with Crippen LogP contribution in [0.15, 0.2) is 82.4 Å². The molecule has 0 aliphatic carbocycles. The van der Waals surface area contributed by atoms with Gasteiger partial charge in [-0.15, -0.1) is 16.9 Å². The summed E-state index contributed by atoms with van der Waals surface area (Å²) in [4.78, 5) is 17.9. The summed E-state index contributed by atoms with van der Waals surface area (Å²) in [7, 11) is 0. The second-order valence-corrected chi connectivity index (χ2v) is 8.51. The van der Waals surface area contributed by atoms with Crippen LogP contribution >= 0.6 is 27.7 Å². The molecule has 2 aromatic heterocycles. The zero-order chi connectivity index (χ0) is 20.9. The predicted molar refractivity (Wildman–Crippen MR) is 122 cm³/mol. The summed E-state index contributed by atoms with van der Waals surface area (Å²) in [6.07, 6.45) is 3.63. The lowest BCUT2D eigenvalue weighted by Crippen LogP contribution is -2.14. The van der Waals surface area contributed by atoms with E-state index < -0.39 is 0 Å². The number of rotatable bonds is 6. The van der Waals surface area contributed by atoms with Gasteiger partial charge in [-0.2, -0.15) is 0 Å². The number of anilines is 1. The smallest absolute Gasteiger partial charge is 0.278 e. The van der Waals surface area contributed by atoms with E-state index in [1.165, 1.54) is 5.56 Å². The van der Waals surface area contributed by atoms with Gasteiger partial charge in [-0.1, -0.05) is 33.3 Å². The predicted octanol–water partition coefficient (Wildman–Crippen LogP) is 5.28. The summed E-state index contributed by atoms with van der Waals surface area (Å²) in [6, 6.07) is 19.4. The molecular weight excluding hydrogens is 462 g/mol. The maximum atomic E-state index is 12.7. The van der Waals surface area contributed by atoms with Gasteiger partial charge in [0.25, 0.3) is 5.91 Å². The first-order valence-corrected chi connectivity index (χ1v) is 11.0. The number of amides is 1. The number of carbonyl (C=O) groups is 1. The van der Waals surface area contributed by atoms with Crippen molar-refractivity contribution >= 4 is 39.3 Å². The molecule has 0 fully saturated rings. The fourth-order valence-electron chi connectivity index (χ4n) is 2.87.